The Morgan fingerprint density at radius 3 is 2.46 bits per heavy atom. The Bertz CT molecular complexity index is 347. The summed E-state index contributed by atoms with van der Waals surface area (Å²) < 4.78 is 13.6. The van der Waals surface area contributed by atoms with Crippen molar-refractivity contribution in [2.75, 3.05) is 0 Å². The average Bonchev–Trinajstić information content (AvgIpc) is 2.69. The van der Waals surface area contributed by atoms with E-state index in [0.717, 1.165) is 5.56 Å². The predicted molar refractivity (Wildman–Crippen MR) is 51.5 cm³/mol. The molecule has 0 fully saturated rings. The molecule has 66 valence electrons. The summed E-state index contributed by atoms with van der Waals surface area (Å²) in [6, 6.07) is 10.0. The topological polar surface area (TPSA) is 35.0 Å². The molecule has 1 aromatic heterocycles. The smallest absolute Gasteiger partial charge is 0.217 e. The van der Waals surface area contributed by atoms with E-state index >= 15 is 0 Å². The first-order valence-corrected chi connectivity index (χ1v) is 5.15. The van der Waals surface area contributed by atoms with Crippen LogP contribution >= 0.6 is 8.08 Å². The molecule has 4 heteroatoms. The molecule has 1 aromatic carbocycles. The molecule has 3 nitrogen and oxygen atoms in total. The van der Waals surface area contributed by atoms with Crippen LogP contribution in [0.4, 0.5) is 0 Å². The molecule has 2 rings (SSSR count). The lowest BCUT2D eigenvalue weighted by Crippen LogP contribution is -1.92. The zero-order valence-electron chi connectivity index (χ0n) is 7.00. The zero-order valence-corrected chi connectivity index (χ0v) is 7.89. The molecule has 0 bridgehead atoms. The third kappa shape index (κ3) is 2.38. The highest BCUT2D eigenvalue weighted by atomic mass is 31.1. The maximum Gasteiger partial charge on any atom is 0.217 e. The van der Waals surface area contributed by atoms with Crippen LogP contribution in [0.1, 0.15) is 5.56 Å². The molecule has 0 aliphatic carbocycles. The van der Waals surface area contributed by atoms with Gasteiger partial charge in [0.15, 0.2) is 0 Å². The molecular weight excluding hydrogens is 183 g/mol. The minimum atomic E-state index is -0.930. The molecule has 0 saturated heterocycles. The molecule has 0 aliphatic rings. The lowest BCUT2D eigenvalue weighted by Gasteiger charge is -1.98. The van der Waals surface area contributed by atoms with E-state index in [9.17, 15) is 0 Å². The van der Waals surface area contributed by atoms with E-state index in [4.69, 9.17) is 4.52 Å². The standard InChI is InChI=1S/C9H9N2OP/c1-2-4-9(5-3-1)8-12-13-10-6-7-11-13/h1-7H,8H2. The first-order valence-electron chi connectivity index (χ1n) is 3.99. The van der Waals surface area contributed by atoms with Gasteiger partial charge in [-0.15, -0.1) is 0 Å². The van der Waals surface area contributed by atoms with Crippen molar-refractivity contribution in [1.29, 1.82) is 0 Å². The van der Waals surface area contributed by atoms with Gasteiger partial charge in [-0.05, 0) is 5.56 Å². The normalized spacial score (nSPS) is 10.2. The first-order chi connectivity index (χ1) is 6.45. The quantitative estimate of drug-likeness (QED) is 0.746. The summed E-state index contributed by atoms with van der Waals surface area (Å²) in [7, 11) is -0.930. The van der Waals surface area contributed by atoms with Crippen molar-refractivity contribution in [3.8, 4) is 0 Å². The average molecular weight is 192 g/mol. The van der Waals surface area contributed by atoms with Crippen LogP contribution in [0.3, 0.4) is 0 Å². The fourth-order valence-electron chi connectivity index (χ4n) is 0.977. The number of aromatic nitrogens is 2. The van der Waals surface area contributed by atoms with Crippen LogP contribution in [0, 0.1) is 0 Å². The van der Waals surface area contributed by atoms with Crippen molar-refractivity contribution < 1.29 is 4.52 Å². The number of hydrogen-bond donors (Lipinski definition) is 0. The SMILES string of the molecule is c1ccc(COp2nccn2)cc1. The van der Waals surface area contributed by atoms with Crippen LogP contribution in [0.25, 0.3) is 0 Å². The summed E-state index contributed by atoms with van der Waals surface area (Å²) in [5.74, 6) is 0. The molecule has 13 heavy (non-hydrogen) atoms. The predicted octanol–water partition coefficient (Wildman–Crippen LogP) is 2.09. The van der Waals surface area contributed by atoms with Crippen molar-refractivity contribution in [3.63, 3.8) is 0 Å². The van der Waals surface area contributed by atoms with E-state index < -0.39 is 8.08 Å². The van der Waals surface area contributed by atoms with E-state index in [-0.39, 0.29) is 0 Å². The fraction of sp³-hybridized carbons (Fsp3) is 0.111. The summed E-state index contributed by atoms with van der Waals surface area (Å²) in [6.07, 6.45) is 3.35. The first kappa shape index (κ1) is 8.42. The molecule has 0 aliphatic heterocycles. The summed E-state index contributed by atoms with van der Waals surface area (Å²) >= 11 is 0. The van der Waals surface area contributed by atoms with Crippen molar-refractivity contribution in [2.24, 2.45) is 0 Å². The Kier molecular flexibility index (Phi) is 2.70. The summed E-state index contributed by atoms with van der Waals surface area (Å²) in [4.78, 5) is 0. The van der Waals surface area contributed by atoms with Crippen LogP contribution in [0.5, 0.6) is 0 Å². The third-order valence-corrected chi connectivity index (χ3v) is 2.61. The van der Waals surface area contributed by atoms with Gasteiger partial charge in [0.1, 0.15) is 0 Å². The maximum absolute atomic E-state index is 5.46. The molecule has 0 unspecified atom stereocenters. The van der Waals surface area contributed by atoms with Gasteiger partial charge < -0.3 is 0 Å². The van der Waals surface area contributed by atoms with Crippen LogP contribution in [0.15, 0.2) is 42.7 Å². The summed E-state index contributed by atoms with van der Waals surface area (Å²) in [5.41, 5.74) is 1.15. The summed E-state index contributed by atoms with van der Waals surface area (Å²) in [6.45, 7) is 0.585. The van der Waals surface area contributed by atoms with Crippen molar-refractivity contribution in [1.82, 2.24) is 9.49 Å². The molecule has 0 amide bonds. The Hall–Kier alpha value is -1.18. The Morgan fingerprint density at radius 1 is 1.08 bits per heavy atom. The summed E-state index contributed by atoms with van der Waals surface area (Å²) in [5, 5.41) is 0. The monoisotopic (exact) mass is 192 g/mol. The minimum absolute atomic E-state index is 0.585. The fourth-order valence-corrected chi connectivity index (χ4v) is 1.78. The number of rotatable bonds is 3. The molecule has 0 radical (unpaired) electrons. The number of nitrogens with zero attached hydrogens (tertiary/aromatic N) is 2. The Balaban J connectivity index is 1.94. The highest BCUT2D eigenvalue weighted by Crippen LogP contribution is 2.14. The highest BCUT2D eigenvalue weighted by Gasteiger charge is 1.95. The van der Waals surface area contributed by atoms with E-state index in [1.807, 2.05) is 30.3 Å². The van der Waals surface area contributed by atoms with Crippen molar-refractivity contribution in [2.45, 2.75) is 6.61 Å². The van der Waals surface area contributed by atoms with Gasteiger partial charge in [0.2, 0.25) is 8.08 Å². The minimum Gasteiger partial charge on any atom is -0.298 e. The van der Waals surface area contributed by atoms with Gasteiger partial charge in [-0.1, -0.05) is 30.3 Å². The van der Waals surface area contributed by atoms with Crippen LogP contribution in [0.2, 0.25) is 0 Å². The van der Waals surface area contributed by atoms with Gasteiger partial charge in [0, 0.05) is 0 Å². The van der Waals surface area contributed by atoms with Crippen molar-refractivity contribution >= 4 is 8.08 Å². The molecule has 0 atom stereocenters. The van der Waals surface area contributed by atoms with Gasteiger partial charge in [0.25, 0.3) is 0 Å². The van der Waals surface area contributed by atoms with E-state index in [2.05, 4.69) is 9.49 Å². The number of hydrogen-bond acceptors (Lipinski definition) is 3. The Labute approximate surface area is 77.7 Å². The van der Waals surface area contributed by atoms with Crippen LogP contribution < -0.4 is 4.52 Å². The van der Waals surface area contributed by atoms with E-state index in [0.29, 0.717) is 6.61 Å². The largest absolute Gasteiger partial charge is 0.298 e. The van der Waals surface area contributed by atoms with Crippen LogP contribution in [-0.2, 0) is 6.61 Å². The van der Waals surface area contributed by atoms with E-state index in [1.165, 1.54) is 0 Å². The van der Waals surface area contributed by atoms with Gasteiger partial charge in [0.05, 0.1) is 19.0 Å². The molecule has 0 saturated carbocycles. The van der Waals surface area contributed by atoms with Gasteiger partial charge in [-0.2, -0.15) is 0 Å². The second-order valence-corrected chi connectivity index (χ2v) is 3.77. The Morgan fingerprint density at radius 2 is 1.77 bits per heavy atom. The second-order valence-electron chi connectivity index (χ2n) is 2.54. The maximum atomic E-state index is 5.46. The van der Waals surface area contributed by atoms with Gasteiger partial charge in [-0.3, -0.25) is 4.52 Å². The third-order valence-electron chi connectivity index (χ3n) is 1.59. The van der Waals surface area contributed by atoms with Gasteiger partial charge in [-0.25, -0.2) is 9.49 Å². The number of benzene rings is 1. The lowest BCUT2D eigenvalue weighted by atomic mass is 10.2. The molecule has 2 aromatic rings. The van der Waals surface area contributed by atoms with E-state index in [1.54, 1.807) is 12.4 Å². The molecular formula is C9H9N2OP. The second kappa shape index (κ2) is 4.17. The van der Waals surface area contributed by atoms with Crippen molar-refractivity contribution in [3.05, 3.63) is 48.3 Å². The highest BCUT2D eigenvalue weighted by molar-refractivity contribution is 7.36. The van der Waals surface area contributed by atoms with Gasteiger partial charge >= 0.3 is 0 Å². The zero-order chi connectivity index (χ0) is 8.93. The molecule has 1 heterocycles. The van der Waals surface area contributed by atoms with Crippen LogP contribution in [-0.4, -0.2) is 9.49 Å². The molecule has 0 N–H and O–H groups in total. The molecule has 0 spiro atoms. The lowest BCUT2D eigenvalue weighted by molar-refractivity contribution is 0.414.